The maximum absolute atomic E-state index is 9.07. The maximum atomic E-state index is 9.07. The predicted octanol–water partition coefficient (Wildman–Crippen LogP) is 5.20. The van der Waals surface area contributed by atoms with Gasteiger partial charge in [0.25, 0.3) is 0 Å². The van der Waals surface area contributed by atoms with Gasteiger partial charge in [0, 0.05) is 0 Å². The van der Waals surface area contributed by atoms with E-state index in [4.69, 9.17) is 19.3 Å². The van der Waals surface area contributed by atoms with E-state index in [0.29, 0.717) is 11.6 Å². The molecular weight excluding hydrogens is 419 g/mol. The van der Waals surface area contributed by atoms with Crippen LogP contribution < -0.4 is 10.2 Å². The number of aromatic nitrogens is 1. The lowest BCUT2D eigenvalue weighted by atomic mass is 9.75. The molecule has 0 amide bonds. The third-order valence-electron chi connectivity index (χ3n) is 6.41. The van der Waals surface area contributed by atoms with E-state index >= 15 is 0 Å². The second kappa shape index (κ2) is 7.59. The van der Waals surface area contributed by atoms with E-state index in [-0.39, 0.29) is 11.2 Å². The smallest absolute Gasteiger partial charge is 0.489 e. The quantitative estimate of drug-likeness (QED) is 0.407. The van der Waals surface area contributed by atoms with Crippen LogP contribution in [-0.4, -0.2) is 23.3 Å². The Morgan fingerprint density at radius 2 is 1.72 bits per heavy atom. The van der Waals surface area contributed by atoms with Crippen LogP contribution in [0.15, 0.2) is 54.6 Å². The fourth-order valence-corrected chi connectivity index (χ4v) is 4.68. The summed E-state index contributed by atoms with van der Waals surface area (Å²) in [5.41, 5.74) is 2.15. The topological polar surface area (TPSA) is 64.4 Å². The molecule has 5 nitrogen and oxygen atoms in total. The number of nitrogens with zero attached hydrogens (tertiary/aromatic N) is 2. The van der Waals surface area contributed by atoms with Crippen molar-refractivity contribution in [3.8, 4) is 11.8 Å². The number of hydrogen-bond acceptors (Lipinski definition) is 6. The van der Waals surface area contributed by atoms with Crippen molar-refractivity contribution in [2.45, 2.75) is 45.5 Å². The van der Waals surface area contributed by atoms with E-state index in [1.165, 1.54) is 11.3 Å². The van der Waals surface area contributed by atoms with Gasteiger partial charge >= 0.3 is 7.12 Å². The van der Waals surface area contributed by atoms with E-state index in [1.54, 1.807) is 0 Å². The van der Waals surface area contributed by atoms with E-state index in [0.717, 1.165) is 37.8 Å². The Balaban J connectivity index is 1.44. The Kier molecular flexibility index (Phi) is 4.97. The molecule has 3 aromatic carbocycles. The molecule has 32 heavy (non-hydrogen) atoms. The Hall–Kier alpha value is -2.92. The summed E-state index contributed by atoms with van der Waals surface area (Å²) in [6.07, 6.45) is 0. The average molecular weight is 442 g/mol. The molecule has 0 N–H and O–H groups in total. The fourth-order valence-electron chi connectivity index (χ4n) is 3.89. The molecule has 0 atom stereocenters. The molecule has 1 aliphatic rings. The first-order valence-corrected chi connectivity index (χ1v) is 11.4. The lowest BCUT2D eigenvalue weighted by molar-refractivity contribution is 0.00578. The highest BCUT2D eigenvalue weighted by atomic mass is 32.1. The minimum Gasteiger partial charge on any atom is -0.489 e. The van der Waals surface area contributed by atoms with Crippen molar-refractivity contribution in [1.82, 2.24) is 4.98 Å². The van der Waals surface area contributed by atoms with E-state index in [9.17, 15) is 0 Å². The van der Waals surface area contributed by atoms with Crippen LogP contribution in [0.3, 0.4) is 0 Å². The second-order valence-corrected chi connectivity index (χ2v) is 10.0. The van der Waals surface area contributed by atoms with Gasteiger partial charge in [-0.05, 0) is 67.7 Å². The molecule has 1 aliphatic heterocycles. The first kappa shape index (κ1) is 21.0. The first-order chi connectivity index (χ1) is 15.3. The van der Waals surface area contributed by atoms with Gasteiger partial charge in [-0.1, -0.05) is 36.4 Å². The van der Waals surface area contributed by atoms with Crippen molar-refractivity contribution in [1.29, 1.82) is 5.26 Å². The van der Waals surface area contributed by atoms with Crippen LogP contribution >= 0.6 is 11.3 Å². The number of benzene rings is 3. The van der Waals surface area contributed by atoms with Gasteiger partial charge in [0.1, 0.15) is 18.4 Å². The molecular formula is C25H23BN2O3S. The van der Waals surface area contributed by atoms with Crippen LogP contribution in [0.5, 0.6) is 5.75 Å². The summed E-state index contributed by atoms with van der Waals surface area (Å²) in [5.74, 6) is 0.754. The summed E-state index contributed by atoms with van der Waals surface area (Å²) in [7, 11) is -0.414. The highest BCUT2D eigenvalue weighted by Gasteiger charge is 2.52. The van der Waals surface area contributed by atoms with Crippen LogP contribution in [0, 0.1) is 11.3 Å². The highest BCUT2D eigenvalue weighted by Crippen LogP contribution is 2.37. The van der Waals surface area contributed by atoms with Gasteiger partial charge in [0.05, 0.1) is 21.4 Å². The Morgan fingerprint density at radius 1 is 1.00 bits per heavy atom. The fraction of sp³-hybridized carbons (Fsp3) is 0.280. The van der Waals surface area contributed by atoms with Gasteiger partial charge < -0.3 is 14.0 Å². The third kappa shape index (κ3) is 3.55. The molecule has 5 rings (SSSR count). The number of ether oxygens (including phenoxy) is 1. The molecule has 160 valence electrons. The normalized spacial score (nSPS) is 17.0. The molecule has 4 aromatic rings. The van der Waals surface area contributed by atoms with Crippen molar-refractivity contribution in [3.63, 3.8) is 0 Å². The summed E-state index contributed by atoms with van der Waals surface area (Å²) in [5, 5.41) is 11.7. The van der Waals surface area contributed by atoms with E-state index < -0.39 is 7.12 Å². The summed E-state index contributed by atoms with van der Waals surface area (Å²) in [6, 6.07) is 20.3. The maximum Gasteiger partial charge on any atom is 0.495 e. The molecule has 1 saturated heterocycles. The van der Waals surface area contributed by atoms with Crippen molar-refractivity contribution in [3.05, 3.63) is 65.2 Å². The molecule has 0 radical (unpaired) electrons. The van der Waals surface area contributed by atoms with E-state index in [1.807, 2.05) is 30.3 Å². The standard InChI is InChI=1S/C25H23BN2O3S/c1-24(2)25(3,4)31-26(30-24)20-11-9-16(18-7-5-6-8-19(18)20)15-29-17-10-12-21-22(13-17)32-23(14-27)28-21/h5-13H,15H2,1-4H3. The van der Waals surface area contributed by atoms with Crippen molar-refractivity contribution >= 4 is 44.9 Å². The predicted molar refractivity (Wildman–Crippen MR) is 128 cm³/mol. The molecule has 0 unspecified atom stereocenters. The summed E-state index contributed by atoms with van der Waals surface area (Å²) in [4.78, 5) is 4.28. The Labute approximate surface area is 191 Å². The van der Waals surface area contributed by atoms with Crippen LogP contribution in [0.1, 0.15) is 38.3 Å². The minimum absolute atomic E-state index is 0.388. The SMILES string of the molecule is CC1(C)OB(c2ccc(COc3ccc4nc(C#N)sc4c3)c3ccccc23)OC1(C)C. The summed E-state index contributed by atoms with van der Waals surface area (Å²) >= 11 is 1.37. The number of hydrogen-bond donors (Lipinski definition) is 0. The molecule has 0 saturated carbocycles. The van der Waals surface area contributed by atoms with Crippen molar-refractivity contribution < 1.29 is 14.0 Å². The van der Waals surface area contributed by atoms with Gasteiger partial charge in [-0.15, -0.1) is 11.3 Å². The first-order valence-electron chi connectivity index (χ1n) is 10.6. The van der Waals surface area contributed by atoms with Crippen LogP contribution in [0.4, 0.5) is 0 Å². The number of nitriles is 1. The third-order valence-corrected chi connectivity index (χ3v) is 7.33. The summed E-state index contributed by atoms with van der Waals surface area (Å²) < 4.78 is 19.7. The van der Waals surface area contributed by atoms with Crippen molar-refractivity contribution in [2.24, 2.45) is 0 Å². The Morgan fingerprint density at radius 3 is 2.44 bits per heavy atom. The molecule has 0 bridgehead atoms. The molecule has 1 fully saturated rings. The lowest BCUT2D eigenvalue weighted by Crippen LogP contribution is -2.41. The monoisotopic (exact) mass is 442 g/mol. The van der Waals surface area contributed by atoms with Crippen molar-refractivity contribution in [2.75, 3.05) is 0 Å². The molecule has 0 aliphatic carbocycles. The van der Waals surface area contributed by atoms with Crippen LogP contribution in [0.2, 0.25) is 0 Å². The molecule has 7 heteroatoms. The number of rotatable bonds is 4. The summed E-state index contributed by atoms with van der Waals surface area (Å²) in [6.45, 7) is 8.70. The number of thiazole rings is 1. The van der Waals surface area contributed by atoms with Gasteiger partial charge in [0.2, 0.25) is 0 Å². The zero-order valence-electron chi connectivity index (χ0n) is 18.5. The van der Waals surface area contributed by atoms with E-state index in [2.05, 4.69) is 63.0 Å². The number of fused-ring (bicyclic) bond motifs is 2. The van der Waals surface area contributed by atoms with Gasteiger partial charge in [-0.2, -0.15) is 5.26 Å². The lowest BCUT2D eigenvalue weighted by Gasteiger charge is -2.32. The zero-order valence-corrected chi connectivity index (χ0v) is 19.3. The van der Waals surface area contributed by atoms with Gasteiger partial charge in [-0.3, -0.25) is 0 Å². The Bertz CT molecular complexity index is 1360. The highest BCUT2D eigenvalue weighted by molar-refractivity contribution is 7.19. The second-order valence-electron chi connectivity index (χ2n) is 9.00. The average Bonchev–Trinajstić information content (AvgIpc) is 3.28. The van der Waals surface area contributed by atoms with Gasteiger partial charge in [0.15, 0.2) is 5.01 Å². The molecule has 0 spiro atoms. The minimum atomic E-state index is -0.414. The molecule has 1 aromatic heterocycles. The van der Waals surface area contributed by atoms with Crippen LogP contribution in [-0.2, 0) is 15.9 Å². The largest absolute Gasteiger partial charge is 0.495 e. The zero-order chi connectivity index (χ0) is 22.5. The van der Waals surface area contributed by atoms with Crippen LogP contribution in [0.25, 0.3) is 21.0 Å². The van der Waals surface area contributed by atoms with Gasteiger partial charge in [-0.25, -0.2) is 4.98 Å². The molecule has 2 heterocycles.